The predicted molar refractivity (Wildman–Crippen MR) is 85.2 cm³/mol. The van der Waals surface area contributed by atoms with Crippen LogP contribution >= 0.6 is 0 Å². The third kappa shape index (κ3) is 3.47. The summed E-state index contributed by atoms with van der Waals surface area (Å²) in [4.78, 5) is 24.9. The Morgan fingerprint density at radius 1 is 1.32 bits per heavy atom. The van der Waals surface area contributed by atoms with E-state index in [2.05, 4.69) is 4.74 Å². The first-order valence-electron chi connectivity index (χ1n) is 7.82. The summed E-state index contributed by atoms with van der Waals surface area (Å²) in [6, 6.07) is 5.87. The number of carbonyl (C=O) groups is 2. The van der Waals surface area contributed by atoms with Crippen LogP contribution in [0, 0.1) is 12.8 Å². The van der Waals surface area contributed by atoms with E-state index in [0.29, 0.717) is 0 Å². The van der Waals surface area contributed by atoms with E-state index in [1.165, 1.54) is 24.1 Å². The molecule has 3 atom stereocenters. The monoisotopic (exact) mass is 369 g/mol. The highest BCUT2D eigenvalue weighted by Crippen LogP contribution is 2.35. The molecule has 2 heterocycles. The molecule has 0 aliphatic carbocycles. The van der Waals surface area contributed by atoms with Crippen molar-refractivity contribution in [3.8, 4) is 0 Å². The van der Waals surface area contributed by atoms with Gasteiger partial charge in [0.1, 0.15) is 12.7 Å². The molecule has 8 nitrogen and oxygen atoms in total. The molecular weight excluding hydrogens is 350 g/mol. The van der Waals surface area contributed by atoms with Gasteiger partial charge in [0.25, 0.3) is 10.1 Å². The van der Waals surface area contributed by atoms with E-state index in [9.17, 15) is 18.0 Å². The summed E-state index contributed by atoms with van der Waals surface area (Å²) in [6.45, 7) is 2.00. The van der Waals surface area contributed by atoms with Crippen LogP contribution in [0.3, 0.4) is 0 Å². The van der Waals surface area contributed by atoms with Crippen molar-refractivity contribution in [1.29, 1.82) is 0 Å². The molecule has 2 saturated heterocycles. The van der Waals surface area contributed by atoms with Gasteiger partial charge in [-0.25, -0.2) is 4.79 Å². The molecule has 2 fully saturated rings. The lowest BCUT2D eigenvalue weighted by atomic mass is 9.95. The molecule has 1 aromatic rings. The highest BCUT2D eigenvalue weighted by atomic mass is 32.2. The number of ether oxygens (including phenoxy) is 2. The number of carbonyl (C=O) groups excluding carboxylic acids is 2. The van der Waals surface area contributed by atoms with Crippen molar-refractivity contribution >= 4 is 22.2 Å². The smallest absolute Gasteiger partial charge is 0.410 e. The first-order chi connectivity index (χ1) is 11.8. The maximum absolute atomic E-state index is 12.5. The van der Waals surface area contributed by atoms with Crippen molar-refractivity contribution in [2.75, 3.05) is 20.3 Å². The number of hydrogen-bond acceptors (Lipinski definition) is 7. The number of methoxy groups -OCH3 is 1. The Bertz CT molecular complexity index is 774. The van der Waals surface area contributed by atoms with Crippen molar-refractivity contribution in [2.45, 2.75) is 30.4 Å². The fourth-order valence-corrected chi connectivity index (χ4v) is 4.28. The van der Waals surface area contributed by atoms with Gasteiger partial charge in [-0.3, -0.25) is 13.9 Å². The van der Waals surface area contributed by atoms with Gasteiger partial charge in [-0.15, -0.1) is 0 Å². The summed E-state index contributed by atoms with van der Waals surface area (Å²) in [5.74, 6) is -1.01. The van der Waals surface area contributed by atoms with Gasteiger partial charge in [-0.2, -0.15) is 8.42 Å². The molecule has 136 valence electrons. The van der Waals surface area contributed by atoms with Crippen LogP contribution in [0.2, 0.25) is 0 Å². The minimum atomic E-state index is -4.02. The van der Waals surface area contributed by atoms with Crippen LogP contribution in [0.5, 0.6) is 0 Å². The predicted octanol–water partition coefficient (Wildman–Crippen LogP) is 1.08. The lowest BCUT2D eigenvalue weighted by Gasteiger charge is -2.20. The zero-order chi connectivity index (χ0) is 18.2. The molecule has 2 aliphatic rings. The molecule has 0 radical (unpaired) electrons. The van der Waals surface area contributed by atoms with Crippen LogP contribution < -0.4 is 0 Å². The average molecular weight is 369 g/mol. The lowest BCUT2D eigenvalue weighted by Crippen LogP contribution is -2.33. The van der Waals surface area contributed by atoms with Crippen LogP contribution in [0.15, 0.2) is 29.2 Å². The molecule has 0 unspecified atom stereocenters. The average Bonchev–Trinajstić information content (AvgIpc) is 3.08. The Morgan fingerprint density at radius 2 is 2.00 bits per heavy atom. The fourth-order valence-electron chi connectivity index (χ4n) is 3.17. The van der Waals surface area contributed by atoms with Crippen molar-refractivity contribution in [3.63, 3.8) is 0 Å². The van der Waals surface area contributed by atoms with Gasteiger partial charge in [-0.1, -0.05) is 17.7 Å². The minimum Gasteiger partial charge on any atom is -0.469 e. The van der Waals surface area contributed by atoms with E-state index in [1.54, 1.807) is 12.1 Å². The SMILES string of the molecule is COC(=O)C[C@@H]1[C@H]2COC(=O)N2C[C@H]1OS(=O)(=O)c1ccc(C)cc1. The molecular formula is C16H19NO7S. The zero-order valence-corrected chi connectivity index (χ0v) is 14.7. The van der Waals surface area contributed by atoms with Crippen LogP contribution in [0.1, 0.15) is 12.0 Å². The number of rotatable bonds is 5. The number of amides is 1. The number of esters is 1. The van der Waals surface area contributed by atoms with E-state index in [4.69, 9.17) is 8.92 Å². The van der Waals surface area contributed by atoms with Crippen molar-refractivity contribution < 1.29 is 31.7 Å². The third-order valence-electron chi connectivity index (χ3n) is 4.55. The van der Waals surface area contributed by atoms with Gasteiger partial charge in [0.2, 0.25) is 0 Å². The Kier molecular flexibility index (Phi) is 4.70. The van der Waals surface area contributed by atoms with Crippen LogP contribution in [-0.2, 0) is 28.6 Å². The second-order valence-electron chi connectivity index (χ2n) is 6.14. The topological polar surface area (TPSA) is 99.2 Å². The Hall–Kier alpha value is -2.13. The molecule has 0 aromatic heterocycles. The molecule has 3 rings (SSSR count). The Balaban J connectivity index is 1.82. The van der Waals surface area contributed by atoms with Crippen LogP contribution in [-0.4, -0.2) is 57.8 Å². The quantitative estimate of drug-likeness (QED) is 0.566. The molecule has 2 aliphatic heterocycles. The third-order valence-corrected chi connectivity index (χ3v) is 5.90. The molecule has 25 heavy (non-hydrogen) atoms. The van der Waals surface area contributed by atoms with E-state index < -0.39 is 40.2 Å². The highest BCUT2D eigenvalue weighted by molar-refractivity contribution is 7.86. The van der Waals surface area contributed by atoms with Crippen molar-refractivity contribution in [3.05, 3.63) is 29.8 Å². The molecule has 9 heteroatoms. The lowest BCUT2D eigenvalue weighted by molar-refractivity contribution is -0.142. The molecule has 0 saturated carbocycles. The van der Waals surface area contributed by atoms with Gasteiger partial charge in [0.15, 0.2) is 0 Å². The number of aryl methyl sites for hydroxylation is 1. The summed E-state index contributed by atoms with van der Waals surface area (Å²) >= 11 is 0. The van der Waals surface area contributed by atoms with Gasteiger partial charge in [0.05, 0.1) is 31.0 Å². The largest absolute Gasteiger partial charge is 0.469 e. The second kappa shape index (κ2) is 6.64. The van der Waals surface area contributed by atoms with E-state index in [1.807, 2.05) is 6.92 Å². The number of fused-ring (bicyclic) bond motifs is 1. The fraction of sp³-hybridized carbons (Fsp3) is 0.500. The van der Waals surface area contributed by atoms with Gasteiger partial charge in [0, 0.05) is 5.92 Å². The molecule has 0 spiro atoms. The maximum atomic E-state index is 12.5. The van der Waals surface area contributed by atoms with Gasteiger partial charge in [-0.05, 0) is 19.1 Å². The summed E-state index contributed by atoms with van der Waals surface area (Å²) < 4.78 is 40.1. The van der Waals surface area contributed by atoms with Gasteiger partial charge < -0.3 is 9.47 Å². The Morgan fingerprint density at radius 3 is 2.64 bits per heavy atom. The van der Waals surface area contributed by atoms with Gasteiger partial charge >= 0.3 is 12.1 Å². The standard InChI is InChI=1S/C16H19NO7S/c1-10-3-5-11(6-4-10)25(20,21)24-14-8-17-13(9-23-16(17)19)12(14)7-15(18)22-2/h3-6,12-14H,7-9H2,1-2H3/t12-,13-,14-/m1/s1. The summed E-state index contributed by atoms with van der Waals surface area (Å²) in [7, 11) is -2.76. The van der Waals surface area contributed by atoms with Crippen LogP contribution in [0.4, 0.5) is 4.79 Å². The minimum absolute atomic E-state index is 0.0320. The number of hydrogen-bond donors (Lipinski definition) is 0. The molecule has 0 bridgehead atoms. The van der Waals surface area contributed by atoms with Crippen molar-refractivity contribution in [2.24, 2.45) is 5.92 Å². The van der Waals surface area contributed by atoms with Crippen LogP contribution in [0.25, 0.3) is 0 Å². The highest BCUT2D eigenvalue weighted by Gasteiger charge is 2.51. The second-order valence-corrected chi connectivity index (χ2v) is 7.71. The normalized spacial score (nSPS) is 25.6. The van der Waals surface area contributed by atoms with E-state index in [0.717, 1.165) is 5.56 Å². The number of cyclic esters (lactones) is 1. The Labute approximate surface area is 145 Å². The summed E-state index contributed by atoms with van der Waals surface area (Å²) in [5, 5.41) is 0. The van der Waals surface area contributed by atoms with E-state index in [-0.39, 0.29) is 24.5 Å². The van der Waals surface area contributed by atoms with E-state index >= 15 is 0 Å². The number of nitrogens with zero attached hydrogens (tertiary/aromatic N) is 1. The van der Waals surface area contributed by atoms with Crippen molar-refractivity contribution in [1.82, 2.24) is 4.90 Å². The summed E-state index contributed by atoms with van der Waals surface area (Å²) in [5.41, 5.74) is 0.923. The summed E-state index contributed by atoms with van der Waals surface area (Å²) in [6.07, 6.45) is -1.41. The molecule has 1 aromatic carbocycles. The number of benzene rings is 1. The zero-order valence-electron chi connectivity index (χ0n) is 13.9. The maximum Gasteiger partial charge on any atom is 0.410 e. The molecule has 1 amide bonds. The first-order valence-corrected chi connectivity index (χ1v) is 9.23. The molecule has 0 N–H and O–H groups in total. The first kappa shape index (κ1) is 17.7.